The molecule has 0 heterocycles. The smallest absolute Gasteiger partial charge is 0.299 e. The molecule has 0 aromatic carbocycles. The summed E-state index contributed by atoms with van der Waals surface area (Å²) in [6, 6.07) is 0. The third-order valence-corrected chi connectivity index (χ3v) is 2.92. The number of carbonyl (C=O) groups excluding carboxylic acids is 4. The highest BCUT2D eigenvalue weighted by Gasteiger charge is 2.33. The lowest BCUT2D eigenvalue weighted by Gasteiger charge is -2.17. The van der Waals surface area contributed by atoms with E-state index in [-0.39, 0.29) is 23.4 Å². The van der Waals surface area contributed by atoms with Crippen LogP contribution in [-0.4, -0.2) is 23.5 Å². The van der Waals surface area contributed by atoms with Gasteiger partial charge in [0.05, 0.1) is 0 Å². The summed E-state index contributed by atoms with van der Waals surface area (Å²) in [6.07, 6.45) is 0. The monoisotopic (exact) mass is 286 g/mol. The molecule has 6 heteroatoms. The lowest BCUT2D eigenvalue weighted by atomic mass is 9.92. The molecule has 0 saturated carbocycles. The van der Waals surface area contributed by atoms with Crippen LogP contribution in [0.3, 0.4) is 0 Å². The van der Waals surface area contributed by atoms with E-state index in [9.17, 15) is 19.2 Å². The molecule has 114 valence electrons. The summed E-state index contributed by atoms with van der Waals surface area (Å²) >= 11 is 0. The second kappa shape index (κ2) is 7.77. The summed E-state index contributed by atoms with van der Waals surface area (Å²) in [6.45, 7) is 9.26. The molecule has 0 aliphatic rings. The summed E-state index contributed by atoms with van der Waals surface area (Å²) in [5.74, 6) is -5.10. The third-order valence-electron chi connectivity index (χ3n) is 2.92. The molecular formula is C14H22O6. The van der Waals surface area contributed by atoms with Crippen molar-refractivity contribution in [1.29, 1.82) is 0 Å². The van der Waals surface area contributed by atoms with Crippen LogP contribution in [0, 0.1) is 23.7 Å². The lowest BCUT2D eigenvalue weighted by Crippen LogP contribution is -2.33. The molecule has 0 bridgehead atoms. The second-order valence-corrected chi connectivity index (χ2v) is 5.47. The van der Waals surface area contributed by atoms with Gasteiger partial charge < -0.3 is 0 Å². The molecule has 0 aromatic heterocycles. The normalized spacial score (nSPS) is 13.8. The number of carbonyl (C=O) groups is 4. The van der Waals surface area contributed by atoms with Crippen LogP contribution in [0.5, 0.6) is 0 Å². The Morgan fingerprint density at radius 3 is 1.05 bits per heavy atom. The van der Waals surface area contributed by atoms with Crippen LogP contribution in [-0.2, 0) is 29.0 Å². The van der Waals surface area contributed by atoms with Gasteiger partial charge in [-0.05, 0) is 25.7 Å². The summed E-state index contributed by atoms with van der Waals surface area (Å²) in [4.78, 5) is 54.8. The Balaban J connectivity index is 4.69. The van der Waals surface area contributed by atoms with Gasteiger partial charge in [-0.2, -0.15) is 0 Å². The third kappa shape index (κ3) is 5.11. The topological polar surface area (TPSA) is 86.7 Å². The van der Waals surface area contributed by atoms with E-state index in [1.54, 1.807) is 27.7 Å². The molecule has 0 fully saturated rings. The standard InChI is InChI=1S/C14H22O6/c1-7(2)11(9(5)15)13(17)19-20-14(18)12(8(3)4)10(6)16/h7-8,11-12H,1-6H3. The summed E-state index contributed by atoms with van der Waals surface area (Å²) in [5, 5.41) is 0. The van der Waals surface area contributed by atoms with Gasteiger partial charge in [0.2, 0.25) is 0 Å². The van der Waals surface area contributed by atoms with Crippen LogP contribution in [0.15, 0.2) is 0 Å². The number of hydrogen-bond acceptors (Lipinski definition) is 6. The number of rotatable bonds is 6. The van der Waals surface area contributed by atoms with Gasteiger partial charge in [0, 0.05) is 0 Å². The van der Waals surface area contributed by atoms with Crippen molar-refractivity contribution in [2.24, 2.45) is 23.7 Å². The van der Waals surface area contributed by atoms with Crippen molar-refractivity contribution in [3.05, 3.63) is 0 Å². The van der Waals surface area contributed by atoms with Crippen molar-refractivity contribution >= 4 is 23.5 Å². The van der Waals surface area contributed by atoms with Crippen LogP contribution in [0.1, 0.15) is 41.5 Å². The molecule has 2 unspecified atom stereocenters. The van der Waals surface area contributed by atoms with Crippen molar-refractivity contribution < 1.29 is 29.0 Å². The van der Waals surface area contributed by atoms with Crippen LogP contribution in [0.4, 0.5) is 0 Å². The highest BCUT2D eigenvalue weighted by Crippen LogP contribution is 2.17. The van der Waals surface area contributed by atoms with Gasteiger partial charge in [0.15, 0.2) is 0 Å². The summed E-state index contributed by atoms with van der Waals surface area (Å²) < 4.78 is 0. The molecule has 0 aliphatic heterocycles. The van der Waals surface area contributed by atoms with Crippen molar-refractivity contribution in [1.82, 2.24) is 0 Å². The van der Waals surface area contributed by atoms with E-state index >= 15 is 0 Å². The molecule has 0 spiro atoms. The number of hydrogen-bond donors (Lipinski definition) is 0. The molecular weight excluding hydrogens is 264 g/mol. The fraction of sp³-hybridized carbons (Fsp3) is 0.714. The number of ketones is 2. The average molecular weight is 286 g/mol. The highest BCUT2D eigenvalue weighted by molar-refractivity contribution is 5.99. The molecule has 0 N–H and O–H groups in total. The summed E-state index contributed by atoms with van der Waals surface area (Å²) in [5.41, 5.74) is 0. The van der Waals surface area contributed by atoms with Crippen molar-refractivity contribution in [2.75, 3.05) is 0 Å². The Hall–Kier alpha value is -1.72. The highest BCUT2D eigenvalue weighted by atomic mass is 17.2. The lowest BCUT2D eigenvalue weighted by molar-refractivity contribution is -0.265. The van der Waals surface area contributed by atoms with Gasteiger partial charge in [-0.15, -0.1) is 0 Å². The van der Waals surface area contributed by atoms with E-state index in [4.69, 9.17) is 0 Å². The minimum atomic E-state index is -0.988. The van der Waals surface area contributed by atoms with E-state index in [0.29, 0.717) is 0 Å². The van der Waals surface area contributed by atoms with Gasteiger partial charge >= 0.3 is 11.9 Å². The van der Waals surface area contributed by atoms with Crippen LogP contribution in [0.25, 0.3) is 0 Å². The SMILES string of the molecule is CC(=O)C(C(=O)OOC(=O)C(C(C)=O)C(C)C)C(C)C. The van der Waals surface area contributed by atoms with E-state index in [1.165, 1.54) is 13.8 Å². The van der Waals surface area contributed by atoms with Crippen molar-refractivity contribution in [3.63, 3.8) is 0 Å². The zero-order chi connectivity index (χ0) is 16.0. The predicted octanol–water partition coefficient (Wildman–Crippen LogP) is 1.71. The molecule has 2 atom stereocenters. The minimum absolute atomic E-state index is 0.271. The maximum absolute atomic E-state index is 11.7. The Kier molecular flexibility index (Phi) is 7.10. The molecule has 0 rings (SSSR count). The van der Waals surface area contributed by atoms with Crippen LogP contribution in [0.2, 0.25) is 0 Å². The van der Waals surface area contributed by atoms with Crippen LogP contribution < -0.4 is 0 Å². The molecule has 0 radical (unpaired) electrons. The molecule has 0 aliphatic carbocycles. The van der Waals surface area contributed by atoms with E-state index in [2.05, 4.69) is 9.78 Å². The minimum Gasteiger partial charge on any atom is -0.299 e. The fourth-order valence-electron chi connectivity index (χ4n) is 2.00. The summed E-state index contributed by atoms with van der Waals surface area (Å²) in [7, 11) is 0. The maximum Gasteiger partial charge on any atom is 0.366 e. The second-order valence-electron chi connectivity index (χ2n) is 5.47. The van der Waals surface area contributed by atoms with E-state index in [1.807, 2.05) is 0 Å². The first kappa shape index (κ1) is 18.3. The Morgan fingerprint density at radius 2 is 0.900 bits per heavy atom. The Morgan fingerprint density at radius 1 is 0.650 bits per heavy atom. The molecule has 0 saturated heterocycles. The van der Waals surface area contributed by atoms with Gasteiger partial charge in [-0.1, -0.05) is 27.7 Å². The maximum atomic E-state index is 11.7. The molecule has 20 heavy (non-hydrogen) atoms. The Labute approximate surface area is 118 Å². The predicted molar refractivity (Wildman–Crippen MR) is 70.2 cm³/mol. The van der Waals surface area contributed by atoms with Gasteiger partial charge in [-0.3, -0.25) is 9.59 Å². The van der Waals surface area contributed by atoms with Gasteiger partial charge in [0.25, 0.3) is 0 Å². The van der Waals surface area contributed by atoms with Crippen molar-refractivity contribution in [2.45, 2.75) is 41.5 Å². The first-order chi connectivity index (χ1) is 9.09. The van der Waals surface area contributed by atoms with Crippen molar-refractivity contribution in [3.8, 4) is 0 Å². The Bertz CT molecular complexity index is 358. The van der Waals surface area contributed by atoms with E-state index in [0.717, 1.165) is 0 Å². The largest absolute Gasteiger partial charge is 0.366 e. The van der Waals surface area contributed by atoms with Crippen LogP contribution >= 0.6 is 0 Å². The first-order valence-corrected chi connectivity index (χ1v) is 6.52. The van der Waals surface area contributed by atoms with Gasteiger partial charge in [-0.25, -0.2) is 19.4 Å². The molecule has 0 amide bonds. The quantitative estimate of drug-likeness (QED) is 0.419. The average Bonchev–Trinajstić information content (AvgIpc) is 2.23. The zero-order valence-corrected chi connectivity index (χ0v) is 12.8. The fourth-order valence-corrected chi connectivity index (χ4v) is 2.00. The molecule has 6 nitrogen and oxygen atoms in total. The van der Waals surface area contributed by atoms with E-state index < -0.39 is 23.8 Å². The molecule has 0 aromatic rings. The zero-order valence-electron chi connectivity index (χ0n) is 12.8. The number of Topliss-reactive ketones (excluding diaryl/α,β-unsaturated/α-hetero) is 2. The first-order valence-electron chi connectivity index (χ1n) is 6.52. The van der Waals surface area contributed by atoms with Gasteiger partial charge in [0.1, 0.15) is 23.4 Å².